The highest BCUT2D eigenvalue weighted by molar-refractivity contribution is 5.90. The number of aromatic nitrogens is 1. The number of hydrogen-bond acceptors (Lipinski definition) is 6. The van der Waals surface area contributed by atoms with Crippen LogP contribution in [0.5, 0.6) is 0 Å². The quantitative estimate of drug-likeness (QED) is 0.152. The second kappa shape index (κ2) is 13.3. The number of amides is 1. The number of hydrogen-bond donors (Lipinski definition) is 1. The van der Waals surface area contributed by atoms with Crippen molar-refractivity contribution in [1.29, 1.82) is 5.26 Å². The molecule has 0 saturated carbocycles. The summed E-state index contributed by atoms with van der Waals surface area (Å²) in [6, 6.07) is 11.1. The molecule has 45 heavy (non-hydrogen) atoms. The Hall–Kier alpha value is -4.47. The summed E-state index contributed by atoms with van der Waals surface area (Å²) >= 11 is 0. The lowest BCUT2D eigenvalue weighted by Crippen LogP contribution is -2.48. The first kappa shape index (κ1) is 33.4. The number of aryl methyl sites for hydroxylation is 1. The first-order valence-corrected chi connectivity index (χ1v) is 14.4. The highest BCUT2D eigenvalue weighted by atomic mass is 19.4. The van der Waals surface area contributed by atoms with Crippen LogP contribution in [0.3, 0.4) is 0 Å². The number of nitrogens with zero attached hydrogens (tertiary/aromatic N) is 4. The van der Waals surface area contributed by atoms with E-state index >= 15 is 0 Å². The zero-order valence-electron chi connectivity index (χ0n) is 25.1. The molecule has 2 aromatic carbocycles. The molecule has 0 aliphatic carbocycles. The van der Waals surface area contributed by atoms with E-state index in [1.54, 1.807) is 26.8 Å². The highest BCUT2D eigenvalue weighted by Gasteiger charge is 2.41. The standard InChI is InChI=1S/C32H33F6N5O2/c1-5-25-15-26(42(18-39)17-22-12-23(31(33,34)35)14-24(13-22)32(36,37)38)28-27(43(25)30(44)45-19(2)3)11-20(4)29(41-28)40-16-21-9-7-6-8-10-21/h6-14,19,25-26H,5,15-17H2,1-4H3,(H,40,41). The number of nitrogens with one attached hydrogen (secondary N) is 1. The van der Waals surface area contributed by atoms with Crippen LogP contribution in [0.2, 0.25) is 0 Å². The topological polar surface area (TPSA) is 81.5 Å². The number of alkyl halides is 6. The number of rotatable bonds is 8. The van der Waals surface area contributed by atoms with Crippen molar-refractivity contribution in [2.24, 2.45) is 0 Å². The lowest BCUT2D eigenvalue weighted by Gasteiger charge is -2.42. The van der Waals surface area contributed by atoms with Gasteiger partial charge in [-0.25, -0.2) is 9.78 Å². The minimum absolute atomic E-state index is 0.0521. The number of pyridine rings is 1. The summed E-state index contributed by atoms with van der Waals surface area (Å²) in [4.78, 5) is 20.7. The van der Waals surface area contributed by atoms with Gasteiger partial charge in [-0.1, -0.05) is 37.3 Å². The van der Waals surface area contributed by atoms with Gasteiger partial charge in [0.25, 0.3) is 0 Å². The van der Waals surface area contributed by atoms with E-state index in [-0.39, 0.29) is 23.7 Å². The Morgan fingerprint density at radius 3 is 2.22 bits per heavy atom. The highest BCUT2D eigenvalue weighted by Crippen LogP contribution is 2.43. The van der Waals surface area contributed by atoms with Crippen LogP contribution in [0.15, 0.2) is 54.6 Å². The van der Waals surface area contributed by atoms with Gasteiger partial charge in [0.15, 0.2) is 6.19 Å². The smallest absolute Gasteiger partial charge is 0.416 e. The number of ether oxygens (including phenoxy) is 1. The molecule has 4 rings (SSSR count). The second-order valence-corrected chi connectivity index (χ2v) is 11.2. The third-order valence-corrected chi connectivity index (χ3v) is 7.47. The van der Waals surface area contributed by atoms with Crippen molar-refractivity contribution in [2.45, 2.75) is 84.2 Å². The summed E-state index contributed by atoms with van der Waals surface area (Å²) in [5.41, 5.74) is -1.01. The van der Waals surface area contributed by atoms with E-state index < -0.39 is 54.3 Å². The largest absolute Gasteiger partial charge is 0.446 e. The van der Waals surface area contributed by atoms with Crippen molar-refractivity contribution in [1.82, 2.24) is 9.88 Å². The van der Waals surface area contributed by atoms with Gasteiger partial charge in [-0.15, -0.1) is 0 Å². The van der Waals surface area contributed by atoms with E-state index in [1.165, 1.54) is 4.90 Å². The number of carbonyl (C=O) groups is 1. The molecule has 1 aromatic heterocycles. The fraction of sp³-hybridized carbons (Fsp3) is 0.406. The van der Waals surface area contributed by atoms with Crippen LogP contribution in [0.1, 0.15) is 73.2 Å². The molecule has 3 aromatic rings. The SMILES string of the molecule is CCC1CC(N(C#N)Cc2cc(C(F)(F)F)cc(C(F)(F)F)c2)c2nc(NCc3ccccc3)c(C)cc2N1C(=O)OC(C)C. The van der Waals surface area contributed by atoms with Gasteiger partial charge in [0, 0.05) is 12.6 Å². The van der Waals surface area contributed by atoms with E-state index in [1.807, 2.05) is 43.4 Å². The summed E-state index contributed by atoms with van der Waals surface area (Å²) in [6.07, 6.45) is -8.61. The van der Waals surface area contributed by atoms with Crippen molar-refractivity contribution in [3.05, 3.63) is 88.1 Å². The van der Waals surface area contributed by atoms with Gasteiger partial charge in [-0.3, -0.25) is 9.80 Å². The van der Waals surface area contributed by atoms with Crippen molar-refractivity contribution in [3.63, 3.8) is 0 Å². The molecule has 0 fully saturated rings. The molecule has 7 nitrogen and oxygen atoms in total. The molecule has 1 aliphatic rings. The second-order valence-electron chi connectivity index (χ2n) is 11.2. The fourth-order valence-electron chi connectivity index (χ4n) is 5.34. The van der Waals surface area contributed by atoms with Crippen molar-refractivity contribution in [3.8, 4) is 6.19 Å². The predicted octanol–water partition coefficient (Wildman–Crippen LogP) is 8.60. The maximum atomic E-state index is 13.6. The van der Waals surface area contributed by atoms with Crippen molar-refractivity contribution >= 4 is 17.6 Å². The van der Waals surface area contributed by atoms with Crippen LogP contribution < -0.4 is 10.2 Å². The molecule has 0 saturated heterocycles. The van der Waals surface area contributed by atoms with Gasteiger partial charge in [0.2, 0.25) is 0 Å². The van der Waals surface area contributed by atoms with E-state index in [2.05, 4.69) is 5.32 Å². The molecular formula is C32H33F6N5O2. The number of nitriles is 1. The summed E-state index contributed by atoms with van der Waals surface area (Å²) < 4.78 is 87.0. The average molecular weight is 634 g/mol. The molecule has 13 heteroatoms. The molecule has 1 amide bonds. The lowest BCUT2D eigenvalue weighted by molar-refractivity contribution is -0.143. The molecule has 1 N–H and O–H groups in total. The van der Waals surface area contributed by atoms with Crippen LogP contribution in [0.25, 0.3) is 0 Å². The van der Waals surface area contributed by atoms with Crippen LogP contribution in [0.4, 0.5) is 42.6 Å². The molecule has 0 radical (unpaired) electrons. The van der Waals surface area contributed by atoms with E-state index in [0.717, 1.165) is 10.5 Å². The number of benzene rings is 2. The summed E-state index contributed by atoms with van der Waals surface area (Å²) in [5, 5.41) is 13.5. The predicted molar refractivity (Wildman–Crippen MR) is 156 cm³/mol. The van der Waals surface area contributed by atoms with Gasteiger partial charge in [-0.2, -0.15) is 31.6 Å². The van der Waals surface area contributed by atoms with Crippen LogP contribution >= 0.6 is 0 Å². The number of carbonyl (C=O) groups excluding carboxylic acids is 1. The molecule has 0 spiro atoms. The molecule has 240 valence electrons. The Balaban J connectivity index is 1.80. The van der Waals surface area contributed by atoms with E-state index in [4.69, 9.17) is 9.72 Å². The van der Waals surface area contributed by atoms with E-state index in [9.17, 15) is 36.4 Å². The van der Waals surface area contributed by atoms with Gasteiger partial charge in [0.05, 0.1) is 41.2 Å². The molecular weight excluding hydrogens is 600 g/mol. The fourth-order valence-corrected chi connectivity index (χ4v) is 5.34. The van der Waals surface area contributed by atoms with Gasteiger partial charge in [0.1, 0.15) is 5.82 Å². The molecule has 1 aliphatic heterocycles. The molecule has 2 atom stereocenters. The number of halogens is 6. The zero-order valence-corrected chi connectivity index (χ0v) is 25.1. The van der Waals surface area contributed by atoms with Gasteiger partial charge >= 0.3 is 18.4 Å². The Bertz CT molecular complexity index is 1520. The Kier molecular flexibility index (Phi) is 9.85. The molecule has 2 unspecified atom stereocenters. The van der Waals surface area contributed by atoms with Crippen LogP contribution in [-0.4, -0.2) is 28.1 Å². The lowest BCUT2D eigenvalue weighted by atomic mass is 9.91. The third-order valence-electron chi connectivity index (χ3n) is 7.47. The monoisotopic (exact) mass is 633 g/mol. The van der Waals surface area contributed by atoms with Crippen LogP contribution in [-0.2, 0) is 30.2 Å². The Labute approximate surface area is 257 Å². The first-order chi connectivity index (χ1) is 21.1. The van der Waals surface area contributed by atoms with Crippen molar-refractivity contribution in [2.75, 3.05) is 10.2 Å². The minimum Gasteiger partial charge on any atom is -0.446 e. The number of anilines is 2. The van der Waals surface area contributed by atoms with E-state index in [0.29, 0.717) is 42.2 Å². The van der Waals surface area contributed by atoms with Gasteiger partial charge in [-0.05, 0) is 74.6 Å². The molecule has 0 bridgehead atoms. The maximum Gasteiger partial charge on any atom is 0.416 e. The normalized spacial score (nSPS) is 16.6. The maximum absolute atomic E-state index is 13.6. The average Bonchev–Trinajstić information content (AvgIpc) is 2.97. The Morgan fingerprint density at radius 1 is 1.07 bits per heavy atom. The summed E-state index contributed by atoms with van der Waals surface area (Å²) in [7, 11) is 0. The minimum atomic E-state index is -5.03. The summed E-state index contributed by atoms with van der Waals surface area (Å²) in [6.45, 7) is 6.88. The third kappa shape index (κ3) is 7.79. The number of fused-ring (bicyclic) bond motifs is 1. The molecule has 2 heterocycles. The van der Waals surface area contributed by atoms with Gasteiger partial charge < -0.3 is 10.1 Å². The zero-order chi connectivity index (χ0) is 33.1. The Morgan fingerprint density at radius 2 is 1.69 bits per heavy atom. The first-order valence-electron chi connectivity index (χ1n) is 14.4. The van der Waals surface area contributed by atoms with Crippen molar-refractivity contribution < 1.29 is 35.9 Å². The summed E-state index contributed by atoms with van der Waals surface area (Å²) in [5.74, 6) is 0.450. The van der Waals surface area contributed by atoms with Crippen LogP contribution in [0, 0.1) is 18.4 Å².